The first-order valence-electron chi connectivity index (χ1n) is 9.27. The largest absolute Gasteiger partial charge is 0.486 e. The van der Waals surface area contributed by atoms with Crippen LogP contribution in [0.25, 0.3) is 10.2 Å². The van der Waals surface area contributed by atoms with Crippen molar-refractivity contribution >= 4 is 43.9 Å². The molecule has 0 radical (unpaired) electrons. The maximum Gasteiger partial charge on any atom is 0.232 e. The van der Waals surface area contributed by atoms with Gasteiger partial charge in [-0.15, -0.1) is 11.3 Å². The van der Waals surface area contributed by atoms with Gasteiger partial charge in [0.1, 0.15) is 17.4 Å². The molecule has 7 heteroatoms. The number of carbonyl (C=O) groups excluding carboxylic acids is 1. The van der Waals surface area contributed by atoms with Crippen LogP contribution < -0.4 is 10.1 Å². The Morgan fingerprint density at radius 3 is 2.72 bits per heavy atom. The van der Waals surface area contributed by atoms with Crippen LogP contribution in [0, 0.1) is 20.8 Å². The third-order valence-electron chi connectivity index (χ3n) is 4.65. The fraction of sp³-hybridized carbons (Fsp3) is 0.227. The van der Waals surface area contributed by atoms with Gasteiger partial charge in [0, 0.05) is 5.38 Å². The lowest BCUT2D eigenvalue weighted by Gasteiger charge is -2.06. The molecule has 148 valence electrons. The maximum absolute atomic E-state index is 12.4. The summed E-state index contributed by atoms with van der Waals surface area (Å²) in [6, 6.07) is 12.1. The molecule has 0 spiro atoms. The third kappa shape index (κ3) is 4.63. The number of para-hydroxylation sites is 1. The summed E-state index contributed by atoms with van der Waals surface area (Å²) in [5.41, 5.74) is 5.22. The van der Waals surface area contributed by atoms with E-state index in [9.17, 15) is 4.79 Å². The standard InChI is InChI=1S/C22H21N3O2S2/c1-13-7-8-17(9-15(13)3)27-11-20-23-16(12-28-20)10-19(26)24-22-25-21-14(2)5-4-6-18(21)29-22/h4-9,12H,10-11H2,1-3H3,(H,24,25,26). The van der Waals surface area contributed by atoms with Gasteiger partial charge < -0.3 is 10.1 Å². The van der Waals surface area contributed by atoms with Gasteiger partial charge in [-0.25, -0.2) is 9.97 Å². The Bertz CT molecular complexity index is 1180. The number of carbonyl (C=O) groups is 1. The first-order valence-corrected chi connectivity index (χ1v) is 11.0. The second-order valence-corrected chi connectivity index (χ2v) is 8.91. The van der Waals surface area contributed by atoms with E-state index in [1.807, 2.05) is 48.7 Å². The number of thiazole rings is 2. The van der Waals surface area contributed by atoms with Crippen molar-refractivity contribution in [2.24, 2.45) is 0 Å². The predicted octanol–water partition coefficient (Wildman–Crippen LogP) is 5.44. The summed E-state index contributed by atoms with van der Waals surface area (Å²) in [4.78, 5) is 21.4. The SMILES string of the molecule is Cc1ccc(OCc2nc(CC(=O)Nc3nc4c(C)cccc4s3)cs2)cc1C. The Morgan fingerprint density at radius 1 is 1.07 bits per heavy atom. The minimum absolute atomic E-state index is 0.117. The zero-order chi connectivity index (χ0) is 20.4. The molecule has 0 atom stereocenters. The molecule has 0 aliphatic heterocycles. The highest BCUT2D eigenvalue weighted by molar-refractivity contribution is 7.22. The number of nitrogens with zero attached hydrogens (tertiary/aromatic N) is 2. The Morgan fingerprint density at radius 2 is 1.93 bits per heavy atom. The van der Waals surface area contributed by atoms with Crippen LogP contribution >= 0.6 is 22.7 Å². The number of hydrogen-bond acceptors (Lipinski definition) is 6. The molecule has 0 fully saturated rings. The van der Waals surface area contributed by atoms with Crippen molar-refractivity contribution in [3.63, 3.8) is 0 Å². The van der Waals surface area contributed by atoms with E-state index in [4.69, 9.17) is 4.74 Å². The highest BCUT2D eigenvalue weighted by atomic mass is 32.1. The van der Waals surface area contributed by atoms with Crippen molar-refractivity contribution in [1.82, 2.24) is 9.97 Å². The molecule has 0 aliphatic rings. The fourth-order valence-electron chi connectivity index (χ4n) is 2.91. The van der Waals surface area contributed by atoms with Crippen LogP contribution in [0.15, 0.2) is 41.8 Å². The number of nitrogens with one attached hydrogen (secondary N) is 1. The summed E-state index contributed by atoms with van der Waals surface area (Å²) in [6.07, 6.45) is 0.217. The summed E-state index contributed by atoms with van der Waals surface area (Å²) in [5.74, 6) is 0.711. The number of aromatic nitrogens is 2. The number of benzene rings is 2. The number of anilines is 1. The highest BCUT2D eigenvalue weighted by Gasteiger charge is 2.12. The molecule has 4 rings (SSSR count). The lowest BCUT2D eigenvalue weighted by molar-refractivity contribution is -0.115. The number of rotatable bonds is 6. The van der Waals surface area contributed by atoms with Crippen LogP contribution in [0.2, 0.25) is 0 Å². The van der Waals surface area contributed by atoms with Gasteiger partial charge in [0.25, 0.3) is 0 Å². The summed E-state index contributed by atoms with van der Waals surface area (Å²) in [6.45, 7) is 6.55. The lowest BCUT2D eigenvalue weighted by atomic mass is 10.1. The summed E-state index contributed by atoms with van der Waals surface area (Å²) < 4.78 is 6.89. The first kappa shape index (κ1) is 19.5. The zero-order valence-electron chi connectivity index (χ0n) is 16.5. The van der Waals surface area contributed by atoms with Crippen molar-refractivity contribution in [3.05, 3.63) is 69.2 Å². The third-order valence-corrected chi connectivity index (χ3v) is 6.46. The molecule has 0 saturated carbocycles. The van der Waals surface area contributed by atoms with Gasteiger partial charge >= 0.3 is 0 Å². The Hall–Kier alpha value is -2.77. The van der Waals surface area contributed by atoms with E-state index in [0.29, 0.717) is 11.7 Å². The van der Waals surface area contributed by atoms with E-state index in [1.54, 1.807) is 0 Å². The van der Waals surface area contributed by atoms with Crippen molar-refractivity contribution in [1.29, 1.82) is 0 Å². The van der Waals surface area contributed by atoms with E-state index in [-0.39, 0.29) is 12.3 Å². The van der Waals surface area contributed by atoms with Crippen LogP contribution in [0.3, 0.4) is 0 Å². The van der Waals surface area contributed by atoms with Crippen LogP contribution in [0.5, 0.6) is 5.75 Å². The molecule has 0 unspecified atom stereocenters. The van der Waals surface area contributed by atoms with E-state index < -0.39 is 0 Å². The van der Waals surface area contributed by atoms with Crippen molar-refractivity contribution in [3.8, 4) is 5.75 Å². The van der Waals surface area contributed by atoms with Crippen molar-refractivity contribution in [2.45, 2.75) is 33.8 Å². The number of ether oxygens (including phenoxy) is 1. The molecule has 2 heterocycles. The van der Waals surface area contributed by atoms with Gasteiger partial charge in [0.2, 0.25) is 5.91 Å². The molecule has 0 bridgehead atoms. The Labute approximate surface area is 177 Å². The monoisotopic (exact) mass is 423 g/mol. The van der Waals surface area contributed by atoms with E-state index in [0.717, 1.165) is 32.2 Å². The maximum atomic E-state index is 12.4. The van der Waals surface area contributed by atoms with E-state index in [1.165, 1.54) is 33.8 Å². The Balaban J connectivity index is 1.34. The van der Waals surface area contributed by atoms with E-state index >= 15 is 0 Å². The number of hydrogen-bond donors (Lipinski definition) is 1. The summed E-state index contributed by atoms with van der Waals surface area (Å²) >= 11 is 2.98. The molecular formula is C22H21N3O2S2. The van der Waals surface area contributed by atoms with Crippen molar-refractivity contribution in [2.75, 3.05) is 5.32 Å². The highest BCUT2D eigenvalue weighted by Crippen LogP contribution is 2.28. The second-order valence-electron chi connectivity index (χ2n) is 6.93. The van der Waals surface area contributed by atoms with Gasteiger partial charge in [-0.1, -0.05) is 29.5 Å². The topological polar surface area (TPSA) is 64.1 Å². The molecule has 1 amide bonds. The van der Waals surface area contributed by atoms with Crippen molar-refractivity contribution < 1.29 is 9.53 Å². The van der Waals surface area contributed by atoms with Crippen LogP contribution in [0.1, 0.15) is 27.4 Å². The second kappa shape index (κ2) is 8.31. The number of aryl methyl sites for hydroxylation is 3. The van der Waals surface area contributed by atoms with Gasteiger partial charge in [-0.05, 0) is 55.7 Å². The average molecular weight is 424 g/mol. The quantitative estimate of drug-likeness (QED) is 0.449. The van der Waals surface area contributed by atoms with Crippen LogP contribution in [-0.4, -0.2) is 15.9 Å². The number of amides is 1. The smallest absolute Gasteiger partial charge is 0.232 e. The van der Waals surface area contributed by atoms with Crippen LogP contribution in [-0.2, 0) is 17.8 Å². The van der Waals surface area contributed by atoms with Crippen LogP contribution in [0.4, 0.5) is 5.13 Å². The molecule has 1 N–H and O–H groups in total. The van der Waals surface area contributed by atoms with Gasteiger partial charge in [-0.2, -0.15) is 0 Å². The lowest BCUT2D eigenvalue weighted by Crippen LogP contribution is -2.14. The fourth-order valence-corrected chi connectivity index (χ4v) is 4.58. The average Bonchev–Trinajstić information content (AvgIpc) is 3.30. The van der Waals surface area contributed by atoms with E-state index in [2.05, 4.69) is 29.1 Å². The normalized spacial score (nSPS) is 11.0. The first-order chi connectivity index (χ1) is 14.0. The molecule has 2 aromatic heterocycles. The summed E-state index contributed by atoms with van der Waals surface area (Å²) in [7, 11) is 0. The molecule has 2 aromatic carbocycles. The van der Waals surface area contributed by atoms with Gasteiger partial charge in [-0.3, -0.25) is 4.79 Å². The molecule has 29 heavy (non-hydrogen) atoms. The predicted molar refractivity (Wildman–Crippen MR) is 119 cm³/mol. The zero-order valence-corrected chi connectivity index (χ0v) is 18.1. The minimum Gasteiger partial charge on any atom is -0.486 e. The molecule has 0 aliphatic carbocycles. The van der Waals surface area contributed by atoms with Gasteiger partial charge in [0.15, 0.2) is 5.13 Å². The minimum atomic E-state index is -0.117. The van der Waals surface area contributed by atoms with Gasteiger partial charge in [0.05, 0.1) is 22.3 Å². The molecular weight excluding hydrogens is 402 g/mol. The molecule has 5 nitrogen and oxygen atoms in total. The number of fused-ring (bicyclic) bond motifs is 1. The molecule has 0 saturated heterocycles. The molecule has 4 aromatic rings. The Kier molecular flexibility index (Phi) is 5.60. The summed E-state index contributed by atoms with van der Waals surface area (Å²) in [5, 5.41) is 6.26.